The van der Waals surface area contributed by atoms with Gasteiger partial charge in [-0.1, -0.05) is 92.1 Å². The number of carboxylic acid groups (broad SMARTS) is 2. The van der Waals surface area contributed by atoms with Gasteiger partial charge in [0.2, 0.25) is 112 Å². The third-order valence-electron chi connectivity index (χ3n) is 22.1. The van der Waals surface area contributed by atoms with E-state index in [4.69, 9.17) is 40.1 Å². The normalized spacial score (nSPS) is 15.2. The second-order valence-electron chi connectivity index (χ2n) is 34.9. The fourth-order valence-electron chi connectivity index (χ4n) is 13.7. The fraction of sp³-hybridized carbons (Fsp3) is 0.667. The lowest BCUT2D eigenvalue weighted by molar-refractivity contribution is -0.147. The molecule has 0 saturated heterocycles. The van der Waals surface area contributed by atoms with E-state index in [0.717, 1.165) is 25.8 Å². The van der Waals surface area contributed by atoms with Crippen molar-refractivity contribution >= 4 is 161 Å². The van der Waals surface area contributed by atoms with Gasteiger partial charge in [0.1, 0.15) is 110 Å². The summed E-state index contributed by atoms with van der Waals surface area (Å²) < 4.78 is 0. The maximum atomic E-state index is 15.0. The van der Waals surface area contributed by atoms with E-state index in [9.17, 15) is 116 Å². The summed E-state index contributed by atoms with van der Waals surface area (Å²) in [5, 5.41) is 80.4. The molecule has 0 fully saturated rings. The number of primary amides is 1. The molecule has 1 rings (SSSR count). The van der Waals surface area contributed by atoms with Gasteiger partial charge >= 0.3 is 11.9 Å². The zero-order valence-corrected chi connectivity index (χ0v) is 84.0. The predicted molar refractivity (Wildman–Crippen MR) is 522 cm³/mol. The zero-order valence-electron chi connectivity index (χ0n) is 82.2. The van der Waals surface area contributed by atoms with Crippen molar-refractivity contribution < 1.29 is 121 Å². The van der Waals surface area contributed by atoms with Crippen molar-refractivity contribution in [3.8, 4) is 0 Å². The van der Waals surface area contributed by atoms with Gasteiger partial charge in [0.25, 0.3) is 0 Å². The van der Waals surface area contributed by atoms with E-state index in [0.29, 0.717) is 16.9 Å². The summed E-state index contributed by atoms with van der Waals surface area (Å²) >= 11 is 8.64. The molecule has 0 saturated carbocycles. The molecule has 34 N–H and O–H groups in total. The number of likely N-dealkylation sites (N-methyl/N-ethyl adjacent to an activating group) is 2. The number of aliphatic carboxylic acids is 2. The van der Waals surface area contributed by atoms with Crippen molar-refractivity contribution in [2.75, 3.05) is 64.9 Å². The number of nitrogens with zero attached hydrogens (tertiary/aromatic N) is 4. The van der Waals surface area contributed by atoms with Crippen LogP contribution in [0.2, 0.25) is 0 Å². The highest BCUT2D eigenvalue weighted by molar-refractivity contribution is 7.80. The number of guanidine groups is 2. The van der Waals surface area contributed by atoms with Crippen LogP contribution in [0.3, 0.4) is 0 Å². The summed E-state index contributed by atoms with van der Waals surface area (Å²) in [6, 6.07) is -19.3. The van der Waals surface area contributed by atoms with Crippen LogP contribution in [-0.4, -0.2) is 340 Å². The number of hydrogen-bond donors (Lipinski definition) is 29. The summed E-state index contributed by atoms with van der Waals surface area (Å²) in [6.45, 7) is 14.9. The number of aliphatic hydroxyl groups is 2. The zero-order chi connectivity index (χ0) is 108. The molecule has 0 spiro atoms. The van der Waals surface area contributed by atoms with Crippen LogP contribution < -0.4 is 125 Å². The minimum Gasteiger partial charge on any atom is -0.481 e. The van der Waals surface area contributed by atoms with Crippen LogP contribution >= 0.6 is 25.3 Å². The monoisotopic (exact) mass is 2040 g/mol. The highest BCUT2D eigenvalue weighted by Gasteiger charge is 2.43. The molecule has 141 heavy (non-hydrogen) atoms. The number of amides is 19. The quantitative estimate of drug-likeness (QED) is 0.0125. The van der Waals surface area contributed by atoms with Crippen molar-refractivity contribution in [1.29, 1.82) is 0 Å². The molecule has 794 valence electrons. The van der Waals surface area contributed by atoms with E-state index in [1.165, 1.54) is 48.6 Å². The SMILES string of the molecule is CC[C@H](C)[C@H](NC(=O)[C@H](CS)N(CC(=O)NC)C(=O)[C@@H](N)CCCN=C(N)N)C(=O)N[C@@H](CCCCN)C(=O)N[C@@H](C)C(=O)N[C@@H](Cc1ccccc1)C(=O)N[C@H](C(=O)N[C@@H](CCC(=O)O)C(=O)N(CC(=O)NC)[C@@H](CS)C(=O)N[C@@H](C)C(=O)N[C@H](C(=O)N[C@H](C(=O)N[C@@H](C)C(=O)N[C@@H](CO)C(=O)N[C@@H](CCC(N)=O)C(=O)N[C@@H](CC(C)C)C(=O)N[C@@H](CCCN=C(N)N)C(=O)O)C(C)C)C(C)C)[C@H](C)O. The van der Waals surface area contributed by atoms with E-state index in [1.54, 1.807) is 58.0 Å². The summed E-state index contributed by atoms with van der Waals surface area (Å²) in [7, 11) is 2.46. The number of nitrogens with two attached hydrogens (primary N) is 7. The van der Waals surface area contributed by atoms with Gasteiger partial charge in [0.15, 0.2) is 11.9 Å². The molecule has 0 heterocycles. The van der Waals surface area contributed by atoms with Gasteiger partial charge in [-0.15, -0.1) is 0 Å². The van der Waals surface area contributed by atoms with Crippen LogP contribution in [0.5, 0.6) is 0 Å². The Bertz CT molecular complexity index is 4430. The minimum atomic E-state index is -2.07. The topological polar surface area (TPSA) is 845 Å². The molecule has 0 bridgehead atoms. The van der Waals surface area contributed by atoms with Crippen LogP contribution in [0.4, 0.5) is 0 Å². The Morgan fingerprint density at radius 3 is 1.26 bits per heavy atom. The predicted octanol–water partition coefficient (Wildman–Crippen LogP) is -9.62. The summed E-state index contributed by atoms with van der Waals surface area (Å²) in [6.07, 6.45) is -3.83. The number of thiol groups is 2. The fourth-order valence-corrected chi connectivity index (χ4v) is 14.4. The Balaban J connectivity index is 3.63. The molecule has 19 atom stereocenters. The number of unbranched alkanes of at least 4 members (excludes halogenated alkanes) is 1. The summed E-state index contributed by atoms with van der Waals surface area (Å²) in [5.74, 6) is -26.3. The molecule has 0 aromatic heterocycles. The molecule has 0 unspecified atom stereocenters. The van der Waals surface area contributed by atoms with Crippen molar-refractivity contribution in [2.45, 2.75) is 282 Å². The Kier molecular flexibility index (Phi) is 58.4. The van der Waals surface area contributed by atoms with Crippen molar-refractivity contribution in [3.63, 3.8) is 0 Å². The number of benzene rings is 1. The van der Waals surface area contributed by atoms with E-state index in [-0.39, 0.29) is 101 Å². The van der Waals surface area contributed by atoms with Gasteiger partial charge < -0.3 is 155 Å². The van der Waals surface area contributed by atoms with Crippen LogP contribution in [-0.2, 0) is 107 Å². The number of carbonyl (C=O) groups is 21. The van der Waals surface area contributed by atoms with Gasteiger partial charge in [0.05, 0.1) is 18.8 Å². The lowest BCUT2D eigenvalue weighted by Crippen LogP contribution is -2.63. The molecule has 0 aliphatic rings. The van der Waals surface area contributed by atoms with E-state index in [1.807, 2.05) is 0 Å². The lowest BCUT2D eigenvalue weighted by atomic mass is 9.97. The van der Waals surface area contributed by atoms with Gasteiger partial charge in [0, 0.05) is 58.0 Å². The third kappa shape index (κ3) is 46.0. The maximum Gasteiger partial charge on any atom is 0.326 e. The number of hydrogen-bond acceptors (Lipinski definition) is 29. The first-order valence-corrected chi connectivity index (χ1v) is 47.5. The minimum absolute atomic E-state index is 0.0373. The van der Waals surface area contributed by atoms with Gasteiger partial charge in [-0.25, -0.2) is 4.79 Å². The Morgan fingerprint density at radius 2 is 0.787 bits per heavy atom. The van der Waals surface area contributed by atoms with Crippen LogP contribution in [0.1, 0.15) is 172 Å². The number of aliphatic hydroxyl groups excluding tert-OH is 2. The molecule has 1 aromatic rings. The Labute approximate surface area is 829 Å². The number of nitrogens with one attached hydrogen (secondary N) is 16. The van der Waals surface area contributed by atoms with E-state index in [2.05, 4.69) is 120 Å². The van der Waals surface area contributed by atoms with Gasteiger partial charge in [-0.3, -0.25) is 106 Å². The number of carboxylic acids is 2. The largest absolute Gasteiger partial charge is 0.481 e. The molecule has 52 nitrogen and oxygen atoms in total. The number of rotatable bonds is 67. The highest BCUT2D eigenvalue weighted by atomic mass is 32.1. The van der Waals surface area contributed by atoms with Crippen LogP contribution in [0.25, 0.3) is 0 Å². The Morgan fingerprint density at radius 1 is 0.411 bits per heavy atom. The molecule has 54 heteroatoms. The maximum absolute atomic E-state index is 15.0. The first-order chi connectivity index (χ1) is 66.1. The first-order valence-electron chi connectivity index (χ1n) is 46.2. The third-order valence-corrected chi connectivity index (χ3v) is 22.8. The average Bonchev–Trinajstić information content (AvgIpc) is 0.813. The standard InChI is InChI=1S/C87H149N27O25S2/c1-15-45(8)67(111-78(131)60(41-141)113(37-62(118)95-13)83(136)51(89)25-21-33-97-86(91)92)81(134)103-52(26-19-20-32-88)72(125)99-46(9)69(122)106-57(36-50-23-17-16-18-24-50)75(128)112-68(49(12)116)82(135)104-54(29-31-64(120)121)84(137)114(38-63(119)96-14)59(40-140)77(130)100-48(11)71(124)109-66(44(6)7)80(133)110-65(43(4)5)79(132)101-47(10)70(123)108-58(39-115)76(129)102-53(28-30-61(90)117)73(126)107-56(35-42(2)3)74(127)105-55(85(138)139)27-22-34-98-87(93)94/h16-18,23-24,42-49,51-60,65-68,115-116,140-141H,15,19-22,25-41,88-89H2,1-14H3,(H2,90,117)(H,95,118)(H,96,119)(H,99,125)(H,100,130)(H,101,132)(H,102,129)(H,103,134)(H,104,135)(H,105,127)(H,106,122)(H,107,126)(H,108,123)(H,109,124)(H,110,133)(H,111,131)(H,112,128)(H,120,121)(H,138,139)(H4,91,92,97)(H4,93,94,98)/t45-,46-,47-,48-,49-,51-,52-,53-,54-,55-,56-,57-,58-,59-,60-,65-,66-,67-,68-/m0/s1. The molecule has 0 radical (unpaired) electrons. The first kappa shape index (κ1) is 126. The lowest BCUT2D eigenvalue weighted by Gasteiger charge is -2.34. The molecular formula is C87H149N27O25S2. The second kappa shape index (κ2) is 65.2. The van der Waals surface area contributed by atoms with Crippen LogP contribution in [0, 0.1) is 23.7 Å². The Hall–Kier alpha value is -12.8. The van der Waals surface area contributed by atoms with Crippen molar-refractivity contribution in [3.05, 3.63) is 35.9 Å². The molecule has 0 aliphatic carbocycles. The van der Waals surface area contributed by atoms with Gasteiger partial charge in [-0.05, 0) is 128 Å². The van der Waals surface area contributed by atoms with Crippen LogP contribution in [0.15, 0.2) is 40.3 Å². The summed E-state index contributed by atoms with van der Waals surface area (Å²) in [5.41, 5.74) is 39.4. The van der Waals surface area contributed by atoms with E-state index >= 15 is 4.79 Å². The molecule has 19 amide bonds. The molecular weight excluding hydrogens is 1890 g/mol. The van der Waals surface area contributed by atoms with E-state index < -0.39 is 302 Å². The molecule has 0 aliphatic heterocycles. The number of carbonyl (C=O) groups excluding carboxylic acids is 19. The smallest absolute Gasteiger partial charge is 0.326 e. The van der Waals surface area contributed by atoms with Crippen molar-refractivity contribution in [2.24, 2.45) is 73.8 Å². The van der Waals surface area contributed by atoms with Gasteiger partial charge in [-0.2, -0.15) is 25.3 Å². The average molecular weight is 2040 g/mol. The second-order valence-corrected chi connectivity index (χ2v) is 35.6. The summed E-state index contributed by atoms with van der Waals surface area (Å²) in [4.78, 5) is 299. The van der Waals surface area contributed by atoms with Crippen molar-refractivity contribution in [1.82, 2.24) is 94.9 Å². The highest BCUT2D eigenvalue weighted by Crippen LogP contribution is 2.19. The number of aliphatic imine (C=N–C) groups is 2. The molecule has 1 aromatic carbocycles.